The van der Waals surface area contributed by atoms with E-state index in [1.807, 2.05) is 6.07 Å². The summed E-state index contributed by atoms with van der Waals surface area (Å²) in [5.74, 6) is 0.599. The second kappa shape index (κ2) is 5.61. The van der Waals surface area contributed by atoms with Crippen LogP contribution in [0.25, 0.3) is 0 Å². The highest BCUT2D eigenvalue weighted by Gasteiger charge is 2.15. The van der Waals surface area contributed by atoms with Crippen molar-refractivity contribution in [3.63, 3.8) is 0 Å². The molecule has 0 saturated carbocycles. The molecule has 1 saturated heterocycles. The largest absolute Gasteiger partial charge is 0.486 e. The molecular formula is C12H17N3O. The molecule has 0 amide bonds. The van der Waals surface area contributed by atoms with Gasteiger partial charge in [-0.05, 0) is 38.1 Å². The minimum atomic E-state index is 0.599. The van der Waals surface area contributed by atoms with Crippen molar-refractivity contribution in [3.8, 4) is 0 Å². The van der Waals surface area contributed by atoms with Gasteiger partial charge in [-0.2, -0.15) is 0 Å². The van der Waals surface area contributed by atoms with E-state index in [1.165, 1.54) is 24.9 Å². The van der Waals surface area contributed by atoms with Crippen molar-refractivity contribution in [1.29, 1.82) is 0 Å². The molecular weight excluding hydrogens is 202 g/mol. The molecule has 86 valence electrons. The number of piperidine rings is 1. The Morgan fingerprint density at radius 2 is 2.25 bits per heavy atom. The molecule has 0 unspecified atom stereocenters. The van der Waals surface area contributed by atoms with Gasteiger partial charge in [-0.15, -0.1) is 0 Å². The first-order valence-electron chi connectivity index (χ1n) is 5.62. The van der Waals surface area contributed by atoms with Crippen LogP contribution in [0.15, 0.2) is 23.3 Å². The van der Waals surface area contributed by atoms with E-state index < -0.39 is 0 Å². The number of aliphatic imine (C=N–C) groups is 1. The van der Waals surface area contributed by atoms with Gasteiger partial charge < -0.3 is 10.1 Å². The zero-order chi connectivity index (χ0) is 11.2. The van der Waals surface area contributed by atoms with Crippen molar-refractivity contribution in [1.82, 2.24) is 10.3 Å². The third kappa shape index (κ3) is 2.79. The van der Waals surface area contributed by atoms with Gasteiger partial charge in [0.2, 0.25) is 0 Å². The zero-order valence-corrected chi connectivity index (χ0v) is 9.52. The van der Waals surface area contributed by atoms with Gasteiger partial charge in [0.1, 0.15) is 0 Å². The number of nitrogens with zero attached hydrogens (tertiary/aromatic N) is 2. The number of pyridine rings is 1. The third-order valence-corrected chi connectivity index (χ3v) is 2.84. The van der Waals surface area contributed by atoms with Crippen LogP contribution < -0.4 is 5.32 Å². The summed E-state index contributed by atoms with van der Waals surface area (Å²) >= 11 is 0. The summed E-state index contributed by atoms with van der Waals surface area (Å²) in [4.78, 5) is 8.55. The van der Waals surface area contributed by atoms with Gasteiger partial charge in [0.05, 0.1) is 19.0 Å². The molecule has 0 spiro atoms. The highest BCUT2D eigenvalue weighted by molar-refractivity contribution is 5.54. The minimum Gasteiger partial charge on any atom is -0.486 e. The van der Waals surface area contributed by atoms with Crippen LogP contribution in [0, 0.1) is 0 Å². The van der Waals surface area contributed by atoms with Crippen molar-refractivity contribution in [3.05, 3.63) is 24.0 Å². The van der Waals surface area contributed by atoms with Crippen LogP contribution in [-0.4, -0.2) is 31.6 Å². The minimum absolute atomic E-state index is 0.599. The van der Waals surface area contributed by atoms with Gasteiger partial charge in [0, 0.05) is 11.6 Å². The summed E-state index contributed by atoms with van der Waals surface area (Å²) in [6.45, 7) is 2.19. The van der Waals surface area contributed by atoms with Crippen LogP contribution in [0.4, 0.5) is 5.69 Å². The Balaban J connectivity index is 2.03. The molecule has 0 aromatic carbocycles. The first-order chi connectivity index (χ1) is 7.90. The maximum absolute atomic E-state index is 4.76. The molecule has 4 heteroatoms. The number of nitrogens with one attached hydrogen (secondary N) is 1. The van der Waals surface area contributed by atoms with Crippen molar-refractivity contribution < 1.29 is 4.74 Å². The van der Waals surface area contributed by atoms with Gasteiger partial charge in [0.25, 0.3) is 0 Å². The molecule has 1 aliphatic heterocycles. The number of aromatic nitrogens is 1. The lowest BCUT2D eigenvalue weighted by atomic mass is 9.94. The van der Waals surface area contributed by atoms with E-state index in [0.29, 0.717) is 5.92 Å². The molecule has 1 fully saturated rings. The smallest absolute Gasteiger partial charge is 0.174 e. The Labute approximate surface area is 95.8 Å². The molecule has 0 radical (unpaired) electrons. The summed E-state index contributed by atoms with van der Waals surface area (Å²) < 4.78 is 4.76. The first-order valence-corrected chi connectivity index (χ1v) is 5.62. The zero-order valence-electron chi connectivity index (χ0n) is 9.52. The van der Waals surface area contributed by atoms with Crippen molar-refractivity contribution >= 4 is 12.1 Å². The quantitative estimate of drug-likeness (QED) is 0.623. The molecule has 1 aromatic rings. The average molecular weight is 219 g/mol. The van der Waals surface area contributed by atoms with E-state index >= 15 is 0 Å². The van der Waals surface area contributed by atoms with Crippen molar-refractivity contribution in [2.75, 3.05) is 20.2 Å². The highest BCUT2D eigenvalue weighted by atomic mass is 16.5. The fourth-order valence-electron chi connectivity index (χ4n) is 1.95. The van der Waals surface area contributed by atoms with E-state index in [0.717, 1.165) is 18.8 Å². The molecule has 4 nitrogen and oxygen atoms in total. The van der Waals surface area contributed by atoms with Crippen molar-refractivity contribution in [2.24, 2.45) is 4.99 Å². The van der Waals surface area contributed by atoms with Gasteiger partial charge in [0.15, 0.2) is 6.40 Å². The topological polar surface area (TPSA) is 46.5 Å². The van der Waals surface area contributed by atoms with Gasteiger partial charge in [-0.1, -0.05) is 0 Å². The standard InChI is InChI=1S/C12H17N3O/c1-16-9-15-11-2-3-12(14-8-11)10-4-6-13-7-5-10/h2-3,8-10,13H,4-7H2,1H3/b15-9-. The second-order valence-electron chi connectivity index (χ2n) is 3.94. The summed E-state index contributed by atoms with van der Waals surface area (Å²) in [5.41, 5.74) is 2.01. The van der Waals surface area contributed by atoms with Gasteiger partial charge in [-0.25, -0.2) is 4.99 Å². The maximum Gasteiger partial charge on any atom is 0.174 e. The summed E-state index contributed by atoms with van der Waals surface area (Å²) in [6, 6.07) is 4.05. The molecule has 0 bridgehead atoms. The second-order valence-corrected chi connectivity index (χ2v) is 3.94. The lowest BCUT2D eigenvalue weighted by Crippen LogP contribution is -2.26. The number of hydrogen-bond acceptors (Lipinski definition) is 4. The number of hydrogen-bond donors (Lipinski definition) is 1. The van der Waals surface area contributed by atoms with Gasteiger partial charge in [-0.3, -0.25) is 4.98 Å². The lowest BCUT2D eigenvalue weighted by Gasteiger charge is -2.21. The maximum atomic E-state index is 4.76. The summed E-state index contributed by atoms with van der Waals surface area (Å²) in [7, 11) is 1.58. The first kappa shape index (κ1) is 11.1. The SMILES string of the molecule is CO/C=N\c1ccc(C2CCNCC2)nc1. The average Bonchev–Trinajstić information content (AvgIpc) is 2.38. The van der Waals surface area contributed by atoms with E-state index in [1.54, 1.807) is 13.3 Å². The van der Waals surface area contributed by atoms with Crippen molar-refractivity contribution in [2.45, 2.75) is 18.8 Å². The van der Waals surface area contributed by atoms with Crippen LogP contribution >= 0.6 is 0 Å². The molecule has 1 aromatic heterocycles. The van der Waals surface area contributed by atoms with Crippen LogP contribution in [0.3, 0.4) is 0 Å². The Morgan fingerprint density at radius 1 is 1.44 bits per heavy atom. The number of ether oxygens (including phenoxy) is 1. The monoisotopic (exact) mass is 219 g/mol. The molecule has 16 heavy (non-hydrogen) atoms. The Hall–Kier alpha value is -1.42. The van der Waals surface area contributed by atoms with E-state index in [-0.39, 0.29) is 0 Å². The van der Waals surface area contributed by atoms with E-state index in [9.17, 15) is 0 Å². The predicted octanol–water partition coefficient (Wildman–Crippen LogP) is 1.85. The van der Waals surface area contributed by atoms with Crippen LogP contribution in [0.5, 0.6) is 0 Å². The van der Waals surface area contributed by atoms with Crippen LogP contribution in [0.1, 0.15) is 24.5 Å². The fourth-order valence-corrected chi connectivity index (χ4v) is 1.95. The molecule has 1 N–H and O–H groups in total. The van der Waals surface area contributed by atoms with E-state index in [4.69, 9.17) is 4.74 Å². The number of methoxy groups -OCH3 is 1. The lowest BCUT2D eigenvalue weighted by molar-refractivity contribution is 0.423. The molecule has 2 heterocycles. The molecule has 2 rings (SSSR count). The fraction of sp³-hybridized carbons (Fsp3) is 0.500. The van der Waals surface area contributed by atoms with Crippen LogP contribution in [-0.2, 0) is 4.74 Å². The molecule has 0 aliphatic carbocycles. The summed E-state index contributed by atoms with van der Waals surface area (Å²) in [5, 5.41) is 3.36. The Bertz CT molecular complexity index is 342. The third-order valence-electron chi connectivity index (χ3n) is 2.84. The van der Waals surface area contributed by atoms with Crippen LogP contribution in [0.2, 0.25) is 0 Å². The molecule has 1 aliphatic rings. The predicted molar refractivity (Wildman–Crippen MR) is 64.2 cm³/mol. The normalized spacial score (nSPS) is 17.8. The Morgan fingerprint density at radius 3 is 2.88 bits per heavy atom. The summed E-state index contributed by atoms with van der Waals surface area (Å²) in [6.07, 6.45) is 5.56. The Kier molecular flexibility index (Phi) is 3.88. The highest BCUT2D eigenvalue weighted by Crippen LogP contribution is 2.24. The van der Waals surface area contributed by atoms with Gasteiger partial charge >= 0.3 is 0 Å². The number of rotatable bonds is 3. The molecule has 0 atom stereocenters. The van der Waals surface area contributed by atoms with E-state index in [2.05, 4.69) is 21.4 Å².